The maximum atomic E-state index is 14.6. The van der Waals surface area contributed by atoms with Crippen LogP contribution in [0, 0.1) is 0 Å². The molecule has 0 atom stereocenters. The van der Waals surface area contributed by atoms with Crippen LogP contribution in [0.3, 0.4) is 0 Å². The van der Waals surface area contributed by atoms with Crippen LogP contribution in [0.4, 0.5) is 171 Å². The Morgan fingerprint density at radius 2 is 0.406 bits per heavy atom. The van der Waals surface area contributed by atoms with Gasteiger partial charge in [-0.25, -0.2) is 0 Å². The maximum Gasteiger partial charge on any atom is 0.460 e. The Bertz CT molecular complexity index is 1850. The van der Waals surface area contributed by atoms with E-state index >= 15 is 0 Å². The van der Waals surface area contributed by atoms with Crippen LogP contribution in [0.15, 0.2) is 12.4 Å². The number of aryl methyl sites for hydroxylation is 2. The first-order valence-corrected chi connectivity index (χ1v) is 16.3. The van der Waals surface area contributed by atoms with Gasteiger partial charge in [-0.15, -0.1) is 0 Å². The van der Waals surface area contributed by atoms with Crippen LogP contribution in [-0.2, 0) is 19.3 Å². The molecule has 0 N–H and O–H groups in total. The summed E-state index contributed by atoms with van der Waals surface area (Å²) in [6.45, 7) is 0. The fraction of sp³-hybridized carbons (Fsp3) is 0.828. The molecular formula is C29H14F39N. The van der Waals surface area contributed by atoms with Gasteiger partial charge in [0.25, 0.3) is 0 Å². The Labute approximate surface area is 352 Å². The highest BCUT2D eigenvalue weighted by Crippen LogP contribution is 2.64. The van der Waals surface area contributed by atoms with Gasteiger partial charge in [0.05, 0.1) is 0 Å². The van der Waals surface area contributed by atoms with E-state index in [1.807, 2.05) is 0 Å². The molecule has 1 rings (SSSR count). The van der Waals surface area contributed by atoms with Crippen LogP contribution in [-0.4, -0.2) is 112 Å². The zero-order chi connectivity index (χ0) is 56.1. The van der Waals surface area contributed by atoms with Crippen molar-refractivity contribution in [1.29, 1.82) is 0 Å². The van der Waals surface area contributed by atoms with E-state index in [4.69, 9.17) is 0 Å². The molecule has 1 heterocycles. The lowest BCUT2D eigenvalue weighted by molar-refractivity contribution is -0.440. The summed E-state index contributed by atoms with van der Waals surface area (Å²) in [5.41, 5.74) is -6.75. The first-order chi connectivity index (χ1) is 29.5. The molecule has 0 unspecified atom stereocenters. The second-order valence-corrected chi connectivity index (χ2v) is 13.9. The maximum absolute atomic E-state index is 14.6. The normalized spacial score (nSPS) is 16.4. The van der Waals surface area contributed by atoms with Crippen molar-refractivity contribution in [3.63, 3.8) is 0 Å². The third-order valence-corrected chi connectivity index (χ3v) is 9.34. The topological polar surface area (TPSA) is 12.9 Å². The number of pyridine rings is 1. The molecule has 0 aliphatic carbocycles. The monoisotopic (exact) mass is 1120 g/mol. The number of rotatable bonds is 21. The van der Waals surface area contributed by atoms with Crippen molar-refractivity contribution in [3.8, 4) is 0 Å². The zero-order valence-electron chi connectivity index (χ0n) is 31.1. The van der Waals surface area contributed by atoms with E-state index in [9.17, 15) is 171 Å². The van der Waals surface area contributed by atoms with Gasteiger partial charge in [-0.2, -0.15) is 171 Å². The van der Waals surface area contributed by atoms with Crippen LogP contribution in [0.1, 0.15) is 36.0 Å². The van der Waals surface area contributed by atoms with E-state index in [1.165, 1.54) is 0 Å². The Morgan fingerprint density at radius 1 is 0.232 bits per heavy atom. The van der Waals surface area contributed by atoms with Crippen molar-refractivity contribution in [3.05, 3.63) is 29.1 Å². The lowest BCUT2D eigenvalue weighted by atomic mass is 9.86. The van der Waals surface area contributed by atoms with E-state index in [0.29, 0.717) is 0 Å². The van der Waals surface area contributed by atoms with Gasteiger partial charge in [0.2, 0.25) is 0 Å². The van der Waals surface area contributed by atoms with E-state index in [2.05, 4.69) is 4.98 Å². The Hall–Kier alpha value is -3.58. The molecule has 0 aromatic carbocycles. The van der Waals surface area contributed by atoms with Gasteiger partial charge in [-0.05, 0) is 36.0 Å². The molecule has 0 amide bonds. The fourth-order valence-electron chi connectivity index (χ4n) is 5.07. The minimum absolute atomic E-state index is 0.568. The van der Waals surface area contributed by atoms with Crippen molar-refractivity contribution < 1.29 is 171 Å². The summed E-state index contributed by atoms with van der Waals surface area (Å²) in [7, 11) is 0. The lowest BCUT2D eigenvalue weighted by Crippen LogP contribution is -2.70. The molecule has 69 heavy (non-hydrogen) atoms. The van der Waals surface area contributed by atoms with Crippen molar-refractivity contribution in [1.82, 2.24) is 4.98 Å². The first-order valence-electron chi connectivity index (χ1n) is 16.3. The molecule has 1 aromatic heterocycles. The average Bonchev–Trinajstić information content (AvgIpc) is 3.13. The molecule has 0 fully saturated rings. The SMILES string of the molecule is FC(F)(F)C(F)(F)C(F)(F)C(F)(F)C(F)(F)C(F)(F)CCc1cncc(CCC(F)(F)C(F)(F)C(F)(F)C(F)(F)C(F)(F)C(F)(F)F)c1CCC(F)(F)C(F)(F)C(F)(F)C(F)(F)C(F)(F)C(F)(F)F. The number of alkyl halides is 39. The fourth-order valence-corrected chi connectivity index (χ4v) is 5.07. The predicted octanol–water partition coefficient (Wildman–Crippen LogP) is 15.1. The summed E-state index contributed by atoms with van der Waals surface area (Å²) in [6, 6.07) is 0. The second kappa shape index (κ2) is 17.3. The summed E-state index contributed by atoms with van der Waals surface area (Å²) in [5.74, 6) is -124. The molecule has 0 aliphatic heterocycles. The van der Waals surface area contributed by atoms with Crippen molar-refractivity contribution in [2.24, 2.45) is 0 Å². The number of aromatic nitrogens is 1. The molecule has 0 saturated carbocycles. The van der Waals surface area contributed by atoms with Gasteiger partial charge in [-0.3, -0.25) is 4.98 Å². The van der Waals surface area contributed by atoms with Crippen molar-refractivity contribution >= 4 is 0 Å². The van der Waals surface area contributed by atoms with Gasteiger partial charge >= 0.3 is 107 Å². The molecular weight excluding hydrogens is 1100 g/mol. The molecule has 1 nitrogen and oxygen atoms in total. The summed E-state index contributed by atoms with van der Waals surface area (Å²) in [4.78, 5) is 2.59. The summed E-state index contributed by atoms with van der Waals surface area (Å²) in [5, 5.41) is 0. The number of hydrogen-bond donors (Lipinski definition) is 0. The van der Waals surface area contributed by atoms with E-state index in [-0.39, 0.29) is 0 Å². The average molecular weight is 1120 g/mol. The molecule has 0 aliphatic rings. The quantitative estimate of drug-likeness (QED) is 0.112. The first kappa shape index (κ1) is 63.4. The highest BCUT2D eigenvalue weighted by molar-refractivity contribution is 5.34. The summed E-state index contributed by atoms with van der Waals surface area (Å²) < 4.78 is 529. The van der Waals surface area contributed by atoms with Crippen molar-refractivity contribution in [2.75, 3.05) is 0 Å². The van der Waals surface area contributed by atoms with Gasteiger partial charge in [0.15, 0.2) is 0 Å². The van der Waals surface area contributed by atoms with Crippen LogP contribution >= 0.6 is 0 Å². The van der Waals surface area contributed by atoms with Crippen molar-refractivity contribution in [2.45, 2.75) is 146 Å². The van der Waals surface area contributed by atoms with E-state index in [1.54, 1.807) is 0 Å². The minimum Gasteiger partial charge on any atom is -0.264 e. The smallest absolute Gasteiger partial charge is 0.264 e. The number of nitrogens with zero attached hydrogens (tertiary/aromatic N) is 1. The van der Waals surface area contributed by atoms with Gasteiger partial charge in [0.1, 0.15) is 0 Å². The third-order valence-electron chi connectivity index (χ3n) is 9.34. The molecule has 40 heteroatoms. The molecule has 0 saturated heterocycles. The van der Waals surface area contributed by atoms with Gasteiger partial charge in [-0.1, -0.05) is 0 Å². The molecule has 1 aromatic rings. The van der Waals surface area contributed by atoms with E-state index < -0.39 is 175 Å². The number of halogens is 39. The van der Waals surface area contributed by atoms with E-state index in [0.717, 1.165) is 0 Å². The van der Waals surface area contributed by atoms with Gasteiger partial charge < -0.3 is 0 Å². The largest absolute Gasteiger partial charge is 0.460 e. The second-order valence-electron chi connectivity index (χ2n) is 13.9. The Morgan fingerprint density at radius 3 is 0.594 bits per heavy atom. The number of hydrogen-bond acceptors (Lipinski definition) is 1. The molecule has 0 spiro atoms. The van der Waals surface area contributed by atoms with Crippen LogP contribution in [0.25, 0.3) is 0 Å². The third kappa shape index (κ3) is 9.40. The standard InChI is InChI=1S/C29H14F39N/c30-12(31,15(36,37)18(42,43)21(48,49)24(54,55)27(60,61)62)4-1-9-7-69-8-10(2-5-13(32,33)16(38,39)19(44,45)22(50,51)25(56,57)28(63,64)65)11(9)3-6-14(34,35)17(40,41)20(46,47)23(52,53)26(58,59)29(66,67)68/h7-8H,1-6H2. The van der Waals surface area contributed by atoms with Crippen LogP contribution in [0.2, 0.25) is 0 Å². The Kier molecular flexibility index (Phi) is 15.9. The lowest BCUT2D eigenvalue weighted by Gasteiger charge is -2.40. The minimum atomic E-state index is -8.72. The summed E-state index contributed by atoms with van der Waals surface area (Å²) in [6.07, 6.45) is -45.0. The van der Waals surface area contributed by atoms with Crippen LogP contribution in [0.5, 0.6) is 0 Å². The predicted molar refractivity (Wildman–Crippen MR) is 142 cm³/mol. The van der Waals surface area contributed by atoms with Crippen LogP contribution < -0.4 is 0 Å². The van der Waals surface area contributed by atoms with Gasteiger partial charge in [0, 0.05) is 31.7 Å². The highest BCUT2D eigenvalue weighted by atomic mass is 19.5. The summed E-state index contributed by atoms with van der Waals surface area (Å²) >= 11 is 0. The molecule has 0 bridgehead atoms. The molecule has 0 radical (unpaired) electrons. The highest BCUT2D eigenvalue weighted by Gasteiger charge is 2.93. The zero-order valence-corrected chi connectivity index (χ0v) is 31.1. The molecule has 408 valence electrons. The Balaban J connectivity index is 4.11.